The lowest BCUT2D eigenvalue weighted by Gasteiger charge is -1.93. The van der Waals surface area contributed by atoms with E-state index >= 15 is 0 Å². The summed E-state index contributed by atoms with van der Waals surface area (Å²) in [5.41, 5.74) is 2.30. The molecule has 0 N–H and O–H groups in total. The first-order valence-corrected chi connectivity index (χ1v) is 4.59. The van der Waals surface area contributed by atoms with Crippen LogP contribution in [0.4, 0.5) is 0 Å². The third kappa shape index (κ3) is 2.85. The third-order valence-corrected chi connectivity index (χ3v) is 2.18. The van der Waals surface area contributed by atoms with Gasteiger partial charge >= 0.3 is 0 Å². The highest BCUT2D eigenvalue weighted by Crippen LogP contribution is 2.04. The van der Waals surface area contributed by atoms with Gasteiger partial charge in [0, 0.05) is 11.5 Å². The third-order valence-electron chi connectivity index (χ3n) is 1.29. The van der Waals surface area contributed by atoms with Crippen molar-refractivity contribution in [2.75, 3.05) is 5.33 Å². The van der Waals surface area contributed by atoms with E-state index in [1.807, 2.05) is 18.2 Å². The number of aromatic nitrogens is 1. The number of pyridine rings is 1. The molecule has 0 fully saturated rings. The molecule has 0 aliphatic carbocycles. The second kappa shape index (κ2) is 4.29. The molecular formula is C9H10BrN. The van der Waals surface area contributed by atoms with Crippen LogP contribution in [0.5, 0.6) is 0 Å². The van der Waals surface area contributed by atoms with Crippen LogP contribution < -0.4 is 0 Å². The quantitative estimate of drug-likeness (QED) is 0.687. The second-order valence-electron chi connectivity index (χ2n) is 2.38. The van der Waals surface area contributed by atoms with Crippen molar-refractivity contribution in [3.8, 4) is 0 Å². The van der Waals surface area contributed by atoms with Crippen LogP contribution in [0.1, 0.15) is 12.6 Å². The summed E-state index contributed by atoms with van der Waals surface area (Å²) in [6.45, 7) is 2.07. The van der Waals surface area contributed by atoms with E-state index in [-0.39, 0.29) is 0 Å². The van der Waals surface area contributed by atoms with Crippen LogP contribution in [-0.4, -0.2) is 10.3 Å². The first-order chi connectivity index (χ1) is 5.33. The van der Waals surface area contributed by atoms with Crippen molar-refractivity contribution in [2.24, 2.45) is 0 Å². The predicted octanol–water partition coefficient (Wildman–Crippen LogP) is 2.88. The first-order valence-electron chi connectivity index (χ1n) is 3.47. The molecule has 0 amide bonds. The summed E-state index contributed by atoms with van der Waals surface area (Å²) in [5, 5.41) is 0.906. The molecule has 1 aromatic rings. The fourth-order valence-electron chi connectivity index (χ4n) is 0.752. The molecular weight excluding hydrogens is 202 g/mol. The lowest BCUT2D eigenvalue weighted by molar-refractivity contribution is 1.28. The lowest BCUT2D eigenvalue weighted by Crippen LogP contribution is -1.80. The number of alkyl halides is 1. The maximum atomic E-state index is 4.17. The summed E-state index contributed by atoms with van der Waals surface area (Å²) < 4.78 is 0. The molecule has 1 nitrogen and oxygen atoms in total. The number of hydrogen-bond donors (Lipinski definition) is 0. The zero-order valence-corrected chi connectivity index (χ0v) is 8.01. The first kappa shape index (κ1) is 8.47. The van der Waals surface area contributed by atoms with Gasteiger partial charge in [-0.25, -0.2) is 0 Å². The van der Waals surface area contributed by atoms with Crippen molar-refractivity contribution in [3.63, 3.8) is 0 Å². The molecule has 2 heteroatoms. The average molecular weight is 212 g/mol. The highest BCUT2D eigenvalue weighted by molar-refractivity contribution is 9.09. The monoisotopic (exact) mass is 211 g/mol. The van der Waals surface area contributed by atoms with Crippen LogP contribution in [0.25, 0.3) is 6.08 Å². The van der Waals surface area contributed by atoms with Crippen molar-refractivity contribution in [1.29, 1.82) is 0 Å². The summed E-state index contributed by atoms with van der Waals surface area (Å²) in [6, 6.07) is 5.90. The van der Waals surface area contributed by atoms with Gasteiger partial charge in [-0.15, -0.1) is 0 Å². The fourth-order valence-corrected chi connectivity index (χ4v) is 0.914. The van der Waals surface area contributed by atoms with E-state index in [9.17, 15) is 0 Å². The maximum absolute atomic E-state index is 4.17. The Morgan fingerprint density at radius 1 is 1.64 bits per heavy atom. The van der Waals surface area contributed by atoms with E-state index in [0.29, 0.717) is 0 Å². The van der Waals surface area contributed by atoms with Gasteiger partial charge in [0.1, 0.15) is 0 Å². The van der Waals surface area contributed by atoms with E-state index in [0.717, 1.165) is 11.0 Å². The van der Waals surface area contributed by atoms with Crippen molar-refractivity contribution in [3.05, 3.63) is 35.7 Å². The van der Waals surface area contributed by atoms with Gasteiger partial charge in [-0.3, -0.25) is 4.98 Å². The second-order valence-corrected chi connectivity index (χ2v) is 2.94. The van der Waals surface area contributed by atoms with E-state index in [4.69, 9.17) is 0 Å². The van der Waals surface area contributed by atoms with E-state index in [1.165, 1.54) is 5.57 Å². The molecule has 0 aliphatic rings. The number of nitrogens with zero attached hydrogens (tertiary/aromatic N) is 1. The molecule has 1 aromatic heterocycles. The molecule has 0 radical (unpaired) electrons. The molecule has 0 unspecified atom stereocenters. The van der Waals surface area contributed by atoms with Crippen LogP contribution in [0, 0.1) is 0 Å². The van der Waals surface area contributed by atoms with Crippen molar-refractivity contribution in [1.82, 2.24) is 4.98 Å². The molecule has 0 atom stereocenters. The minimum atomic E-state index is 0.906. The summed E-state index contributed by atoms with van der Waals surface area (Å²) in [6.07, 6.45) is 3.86. The molecule has 58 valence electrons. The van der Waals surface area contributed by atoms with Crippen LogP contribution >= 0.6 is 15.9 Å². The molecule has 11 heavy (non-hydrogen) atoms. The van der Waals surface area contributed by atoms with E-state index in [1.54, 1.807) is 6.20 Å². The van der Waals surface area contributed by atoms with Gasteiger partial charge in [0.2, 0.25) is 0 Å². The summed E-state index contributed by atoms with van der Waals surface area (Å²) in [7, 11) is 0. The van der Waals surface area contributed by atoms with Crippen LogP contribution in [0.15, 0.2) is 30.0 Å². The minimum absolute atomic E-state index is 0.906. The Hall–Kier alpha value is -0.630. The van der Waals surface area contributed by atoms with Gasteiger partial charge in [-0.2, -0.15) is 0 Å². The summed E-state index contributed by atoms with van der Waals surface area (Å²) in [4.78, 5) is 4.17. The molecule has 1 rings (SSSR count). The highest BCUT2D eigenvalue weighted by Gasteiger charge is 1.87. The summed E-state index contributed by atoms with van der Waals surface area (Å²) in [5.74, 6) is 0. The molecule has 0 saturated heterocycles. The molecule has 0 saturated carbocycles. The van der Waals surface area contributed by atoms with E-state index in [2.05, 4.69) is 33.9 Å². The number of hydrogen-bond acceptors (Lipinski definition) is 1. The Balaban J connectivity index is 2.79. The van der Waals surface area contributed by atoms with Crippen molar-refractivity contribution < 1.29 is 0 Å². The van der Waals surface area contributed by atoms with E-state index < -0.39 is 0 Å². The maximum Gasteiger partial charge on any atom is 0.0629 e. The highest BCUT2D eigenvalue weighted by atomic mass is 79.9. The number of rotatable bonds is 2. The Morgan fingerprint density at radius 3 is 3.00 bits per heavy atom. The topological polar surface area (TPSA) is 12.9 Å². The van der Waals surface area contributed by atoms with Gasteiger partial charge < -0.3 is 0 Å². The van der Waals surface area contributed by atoms with Gasteiger partial charge in [-0.1, -0.05) is 27.6 Å². The Kier molecular flexibility index (Phi) is 3.30. The normalized spacial score (nSPS) is 11.6. The Bertz CT molecular complexity index is 241. The smallest absolute Gasteiger partial charge is 0.0629 e. The largest absolute Gasteiger partial charge is 0.257 e. The van der Waals surface area contributed by atoms with Gasteiger partial charge in [-0.05, 0) is 25.1 Å². The van der Waals surface area contributed by atoms with Gasteiger partial charge in [0.05, 0.1) is 5.69 Å². The summed E-state index contributed by atoms with van der Waals surface area (Å²) >= 11 is 3.38. The zero-order valence-electron chi connectivity index (χ0n) is 6.42. The number of halogens is 1. The lowest BCUT2D eigenvalue weighted by atomic mass is 10.2. The molecule has 0 aliphatic heterocycles. The van der Waals surface area contributed by atoms with Crippen molar-refractivity contribution in [2.45, 2.75) is 6.92 Å². The zero-order chi connectivity index (χ0) is 8.10. The standard InChI is InChI=1S/C9H10BrN/c1-8(7-10)6-9-4-2-3-5-11-9/h2-6H,7H2,1H3. The van der Waals surface area contributed by atoms with Crippen LogP contribution in [0.3, 0.4) is 0 Å². The average Bonchev–Trinajstić information content (AvgIpc) is 2.06. The predicted molar refractivity (Wildman–Crippen MR) is 51.7 cm³/mol. The molecule has 0 aromatic carbocycles. The minimum Gasteiger partial charge on any atom is -0.257 e. The Morgan fingerprint density at radius 2 is 2.45 bits per heavy atom. The van der Waals surface area contributed by atoms with Crippen LogP contribution in [-0.2, 0) is 0 Å². The fraction of sp³-hybridized carbons (Fsp3) is 0.222. The van der Waals surface area contributed by atoms with Crippen molar-refractivity contribution >= 4 is 22.0 Å². The SMILES string of the molecule is CC(=Cc1ccccn1)CBr. The van der Waals surface area contributed by atoms with Gasteiger partial charge in [0.15, 0.2) is 0 Å². The van der Waals surface area contributed by atoms with Gasteiger partial charge in [0.25, 0.3) is 0 Å². The molecule has 0 spiro atoms. The Labute approximate surface area is 75.3 Å². The van der Waals surface area contributed by atoms with Crippen LogP contribution in [0.2, 0.25) is 0 Å². The molecule has 1 heterocycles. The molecule has 0 bridgehead atoms. The number of allylic oxidation sites excluding steroid dienone is 1.